The minimum atomic E-state index is 0.364. The second-order valence-corrected chi connectivity index (χ2v) is 11.4. The van der Waals surface area contributed by atoms with Crippen molar-refractivity contribution in [1.29, 1.82) is 0 Å². The first-order valence-corrected chi connectivity index (χ1v) is 14.1. The van der Waals surface area contributed by atoms with Gasteiger partial charge in [-0.25, -0.2) is 4.57 Å². The Labute approximate surface area is 233 Å². The number of para-hydroxylation sites is 3. The molecule has 0 unspecified atom stereocenters. The lowest BCUT2D eigenvalue weighted by atomic mass is 9.92. The third kappa shape index (κ3) is 3.43. The number of aryl methyl sites for hydroxylation is 2. The SMILES string of the molecule is Cc1ccc2c(oc3ccc4nnccc4c32)c1-c1n(-c2c(C(C)C)cccc2C(C)C)c2ccccc2[n+]1C. The van der Waals surface area contributed by atoms with Crippen LogP contribution in [0.4, 0.5) is 0 Å². The van der Waals surface area contributed by atoms with E-state index >= 15 is 0 Å². The Morgan fingerprint density at radius 3 is 2.30 bits per heavy atom. The molecule has 198 valence electrons. The summed E-state index contributed by atoms with van der Waals surface area (Å²) in [6, 6.07) is 25.9. The van der Waals surface area contributed by atoms with Gasteiger partial charge >= 0.3 is 0 Å². The zero-order chi connectivity index (χ0) is 27.7. The molecule has 5 heteroatoms. The molecular weight excluding hydrogens is 492 g/mol. The van der Waals surface area contributed by atoms with Gasteiger partial charge in [-0.05, 0) is 54.7 Å². The van der Waals surface area contributed by atoms with Crippen molar-refractivity contribution in [2.24, 2.45) is 7.05 Å². The second-order valence-electron chi connectivity index (χ2n) is 11.4. The molecule has 7 rings (SSSR count). The maximum Gasteiger partial charge on any atom is 0.299 e. The van der Waals surface area contributed by atoms with Crippen LogP contribution in [0.5, 0.6) is 0 Å². The van der Waals surface area contributed by atoms with E-state index < -0.39 is 0 Å². The number of rotatable bonds is 4. The third-order valence-corrected chi connectivity index (χ3v) is 8.31. The topological polar surface area (TPSA) is 47.7 Å². The largest absolute Gasteiger partial charge is 0.455 e. The summed E-state index contributed by atoms with van der Waals surface area (Å²) in [6.45, 7) is 11.3. The van der Waals surface area contributed by atoms with Crippen LogP contribution >= 0.6 is 0 Å². The van der Waals surface area contributed by atoms with Crippen LogP contribution in [0, 0.1) is 6.92 Å². The highest BCUT2D eigenvalue weighted by molar-refractivity contribution is 6.20. The first kappa shape index (κ1) is 24.5. The molecule has 0 saturated heterocycles. The van der Waals surface area contributed by atoms with Gasteiger partial charge in [0.2, 0.25) is 0 Å². The number of benzene rings is 4. The van der Waals surface area contributed by atoms with Gasteiger partial charge in [0, 0.05) is 27.3 Å². The van der Waals surface area contributed by atoms with Crippen LogP contribution in [0.2, 0.25) is 0 Å². The molecule has 0 bridgehead atoms. The molecule has 0 aliphatic carbocycles. The predicted molar refractivity (Wildman–Crippen MR) is 163 cm³/mol. The monoisotopic (exact) mass is 525 g/mol. The van der Waals surface area contributed by atoms with Crippen LogP contribution < -0.4 is 4.57 Å². The van der Waals surface area contributed by atoms with Crippen molar-refractivity contribution in [1.82, 2.24) is 14.8 Å². The van der Waals surface area contributed by atoms with E-state index in [0.717, 1.165) is 44.2 Å². The van der Waals surface area contributed by atoms with Crippen LogP contribution in [0.3, 0.4) is 0 Å². The zero-order valence-corrected chi connectivity index (χ0v) is 23.9. The lowest BCUT2D eigenvalue weighted by molar-refractivity contribution is -0.633. The average Bonchev–Trinajstić information content (AvgIpc) is 3.48. The molecule has 4 aromatic carbocycles. The zero-order valence-electron chi connectivity index (χ0n) is 23.9. The van der Waals surface area contributed by atoms with Gasteiger partial charge in [0.15, 0.2) is 16.6 Å². The molecule has 40 heavy (non-hydrogen) atoms. The molecule has 0 fully saturated rings. The number of fused-ring (bicyclic) bond motifs is 6. The highest BCUT2D eigenvalue weighted by atomic mass is 16.3. The summed E-state index contributed by atoms with van der Waals surface area (Å²) in [7, 11) is 2.17. The fourth-order valence-corrected chi connectivity index (χ4v) is 6.37. The van der Waals surface area contributed by atoms with Crippen molar-refractivity contribution in [3.8, 4) is 17.1 Å². The maximum absolute atomic E-state index is 6.75. The van der Waals surface area contributed by atoms with E-state index in [1.165, 1.54) is 33.4 Å². The summed E-state index contributed by atoms with van der Waals surface area (Å²) in [5, 5.41) is 11.7. The molecule has 0 spiro atoms. The molecule has 3 heterocycles. The summed E-state index contributed by atoms with van der Waals surface area (Å²) < 4.78 is 11.6. The van der Waals surface area contributed by atoms with Gasteiger partial charge in [-0.3, -0.25) is 0 Å². The molecule has 0 radical (unpaired) electrons. The molecule has 0 amide bonds. The molecule has 5 nitrogen and oxygen atoms in total. The van der Waals surface area contributed by atoms with Crippen LogP contribution in [0.1, 0.15) is 56.2 Å². The van der Waals surface area contributed by atoms with Crippen molar-refractivity contribution < 1.29 is 8.98 Å². The number of imidazole rings is 1. The Bertz CT molecular complexity index is 2070. The summed E-state index contributed by atoms with van der Waals surface area (Å²) in [5.74, 6) is 1.84. The first-order valence-electron chi connectivity index (χ1n) is 14.1. The normalized spacial score (nSPS) is 12.2. The van der Waals surface area contributed by atoms with E-state index in [1.807, 2.05) is 18.2 Å². The van der Waals surface area contributed by atoms with Gasteiger partial charge in [-0.2, -0.15) is 14.8 Å². The highest BCUT2D eigenvalue weighted by Crippen LogP contribution is 2.42. The standard InChI is InChI=1S/C35H33N4O/c1-20(2)23-10-9-11-24(21(3)4)33(23)39-29-13-8-7-12-28(29)38(6)35(39)31-22(5)14-15-26-32-25-18-19-36-37-27(25)16-17-30(32)40-34(26)31/h7-21H,1-6H3/q+1. The second kappa shape index (κ2) is 9.02. The van der Waals surface area contributed by atoms with E-state index in [4.69, 9.17) is 4.42 Å². The van der Waals surface area contributed by atoms with Gasteiger partial charge < -0.3 is 4.42 Å². The first-order chi connectivity index (χ1) is 19.4. The van der Waals surface area contributed by atoms with Crippen molar-refractivity contribution in [2.75, 3.05) is 0 Å². The van der Waals surface area contributed by atoms with Gasteiger partial charge in [-0.15, -0.1) is 0 Å². The van der Waals surface area contributed by atoms with Crippen LogP contribution in [0.25, 0.3) is 61.0 Å². The molecule has 0 aliphatic rings. The van der Waals surface area contributed by atoms with Crippen molar-refractivity contribution >= 4 is 43.9 Å². The van der Waals surface area contributed by atoms with E-state index in [1.54, 1.807) is 6.20 Å². The van der Waals surface area contributed by atoms with E-state index in [-0.39, 0.29) is 0 Å². The Hall–Kier alpha value is -4.51. The van der Waals surface area contributed by atoms with Gasteiger partial charge in [0.05, 0.1) is 18.8 Å². The number of furan rings is 1. The molecule has 0 atom stereocenters. The van der Waals surface area contributed by atoms with Gasteiger partial charge in [-0.1, -0.05) is 70.2 Å². The summed E-state index contributed by atoms with van der Waals surface area (Å²) >= 11 is 0. The maximum atomic E-state index is 6.75. The van der Waals surface area contributed by atoms with E-state index in [2.05, 4.69) is 116 Å². The Kier molecular flexibility index (Phi) is 5.53. The minimum absolute atomic E-state index is 0.364. The van der Waals surface area contributed by atoms with Gasteiger partial charge in [0.1, 0.15) is 16.8 Å². The molecule has 7 aromatic rings. The lowest BCUT2D eigenvalue weighted by Crippen LogP contribution is -2.30. The highest BCUT2D eigenvalue weighted by Gasteiger charge is 2.33. The van der Waals surface area contributed by atoms with Crippen molar-refractivity contribution in [3.63, 3.8) is 0 Å². The van der Waals surface area contributed by atoms with E-state index in [0.29, 0.717) is 11.8 Å². The molecule has 3 aromatic heterocycles. The minimum Gasteiger partial charge on any atom is -0.455 e. The number of hydrogen-bond donors (Lipinski definition) is 0. The molecular formula is C35H33N4O+. The van der Waals surface area contributed by atoms with Crippen LogP contribution in [-0.4, -0.2) is 14.8 Å². The smallest absolute Gasteiger partial charge is 0.299 e. The Morgan fingerprint density at radius 2 is 1.55 bits per heavy atom. The quantitative estimate of drug-likeness (QED) is 0.216. The Balaban J connectivity index is 1.69. The van der Waals surface area contributed by atoms with Crippen molar-refractivity contribution in [2.45, 2.75) is 46.5 Å². The summed E-state index contributed by atoms with van der Waals surface area (Å²) in [4.78, 5) is 0. The summed E-state index contributed by atoms with van der Waals surface area (Å²) in [6.07, 6.45) is 1.75. The Morgan fingerprint density at radius 1 is 0.800 bits per heavy atom. The fraction of sp³-hybridized carbons (Fsp3) is 0.229. The van der Waals surface area contributed by atoms with Crippen LogP contribution in [-0.2, 0) is 7.05 Å². The van der Waals surface area contributed by atoms with Crippen molar-refractivity contribution in [3.05, 3.63) is 95.7 Å². The average molecular weight is 526 g/mol. The van der Waals surface area contributed by atoms with Crippen LogP contribution in [0.15, 0.2) is 83.4 Å². The fourth-order valence-electron chi connectivity index (χ4n) is 6.37. The number of hydrogen-bond acceptors (Lipinski definition) is 3. The molecule has 0 saturated carbocycles. The number of aromatic nitrogens is 4. The van der Waals surface area contributed by atoms with Gasteiger partial charge in [0.25, 0.3) is 5.82 Å². The molecule has 0 aliphatic heterocycles. The third-order valence-electron chi connectivity index (χ3n) is 8.31. The number of nitrogens with zero attached hydrogens (tertiary/aromatic N) is 4. The molecule has 0 N–H and O–H groups in total. The van der Waals surface area contributed by atoms with E-state index in [9.17, 15) is 0 Å². The lowest BCUT2D eigenvalue weighted by Gasteiger charge is -2.18. The summed E-state index contributed by atoms with van der Waals surface area (Å²) in [5.41, 5.74) is 11.2. The predicted octanol–water partition coefficient (Wildman–Crippen LogP) is 8.52.